The Balaban J connectivity index is 1.96. The summed E-state index contributed by atoms with van der Waals surface area (Å²) in [6, 6.07) is 4.27. The average molecular weight is 600 g/mol. The van der Waals surface area contributed by atoms with E-state index in [4.69, 9.17) is 5.73 Å². The molecule has 3 amide bonds. The molecule has 2 saturated heterocycles. The molecular weight excluding hydrogens is 568 g/mol. The molecule has 0 aromatic heterocycles. The molecule has 5 atom stereocenters. The van der Waals surface area contributed by atoms with Crippen molar-refractivity contribution in [3.05, 3.63) is 45.4 Å². The summed E-state index contributed by atoms with van der Waals surface area (Å²) in [4.78, 5) is 41.0. The first kappa shape index (κ1) is 26.8. The second-order valence-corrected chi connectivity index (χ2v) is 11.0. The summed E-state index contributed by atoms with van der Waals surface area (Å²) in [6.45, 7) is 5.61. The highest BCUT2D eigenvalue weighted by molar-refractivity contribution is 9.11. The topological polar surface area (TPSA) is 125 Å². The van der Waals surface area contributed by atoms with E-state index < -0.39 is 29.5 Å². The number of carbonyl (C=O) groups excluding carboxylic acids is 3. The van der Waals surface area contributed by atoms with Gasteiger partial charge in [0.15, 0.2) is 0 Å². The van der Waals surface area contributed by atoms with Crippen LogP contribution < -0.4 is 16.4 Å². The summed E-state index contributed by atoms with van der Waals surface area (Å²) < 4.78 is 1.68. The maximum absolute atomic E-state index is 13.8. The highest BCUT2D eigenvalue weighted by atomic mass is 79.9. The molecule has 8 nitrogen and oxygen atoms in total. The predicted octanol–water partition coefficient (Wildman–Crippen LogP) is 2.16. The number of amides is 3. The Hall–Kier alpha value is -1.75. The minimum absolute atomic E-state index is 0.124. The fourth-order valence-electron chi connectivity index (χ4n) is 5.04. The largest absolute Gasteiger partial charge is 0.391 e. The average Bonchev–Trinajstić information content (AvgIpc) is 3.38. The van der Waals surface area contributed by atoms with Gasteiger partial charge in [-0.3, -0.25) is 14.4 Å². The lowest BCUT2D eigenvalue weighted by atomic mass is 9.86. The van der Waals surface area contributed by atoms with Gasteiger partial charge >= 0.3 is 0 Å². The lowest BCUT2D eigenvalue weighted by Gasteiger charge is -2.39. The molecule has 3 rings (SSSR count). The number of benzene rings is 1. The molecule has 10 heteroatoms. The van der Waals surface area contributed by atoms with E-state index in [0.29, 0.717) is 25.8 Å². The molecular formula is C24H32Br2N4O4. The van der Waals surface area contributed by atoms with Gasteiger partial charge in [-0.05, 0) is 62.8 Å². The molecule has 2 aliphatic rings. The van der Waals surface area contributed by atoms with Gasteiger partial charge in [0.05, 0.1) is 12.1 Å². The zero-order chi connectivity index (χ0) is 25.0. The number of hydrogen-bond donors (Lipinski definition) is 4. The van der Waals surface area contributed by atoms with Crippen molar-refractivity contribution in [2.24, 2.45) is 5.73 Å². The van der Waals surface area contributed by atoms with Crippen LogP contribution in [0.15, 0.2) is 39.8 Å². The first-order valence-corrected chi connectivity index (χ1v) is 13.1. The van der Waals surface area contributed by atoms with E-state index in [1.165, 1.54) is 6.92 Å². The number of carbonyl (C=O) groups is 3. The van der Waals surface area contributed by atoms with Crippen molar-refractivity contribution in [3.8, 4) is 0 Å². The Morgan fingerprint density at radius 2 is 2.00 bits per heavy atom. The number of aliphatic hydroxyl groups excluding tert-OH is 1. The molecule has 1 aromatic carbocycles. The van der Waals surface area contributed by atoms with Crippen LogP contribution in [0.4, 0.5) is 0 Å². The van der Waals surface area contributed by atoms with Crippen LogP contribution in [-0.2, 0) is 20.8 Å². The maximum Gasteiger partial charge on any atom is 0.247 e. The third kappa shape index (κ3) is 5.90. The third-order valence-corrected chi connectivity index (χ3v) is 7.58. The number of halogens is 2. The normalized spacial score (nSPS) is 26.2. The maximum atomic E-state index is 13.8. The smallest absolute Gasteiger partial charge is 0.247 e. The van der Waals surface area contributed by atoms with Gasteiger partial charge < -0.3 is 26.4 Å². The Morgan fingerprint density at radius 1 is 1.32 bits per heavy atom. The van der Waals surface area contributed by atoms with Gasteiger partial charge in [0, 0.05) is 28.0 Å². The van der Waals surface area contributed by atoms with Crippen LogP contribution in [0.1, 0.15) is 44.6 Å². The lowest BCUT2D eigenvalue weighted by Crippen LogP contribution is -2.64. The second kappa shape index (κ2) is 11.3. The molecule has 0 spiro atoms. The van der Waals surface area contributed by atoms with Crippen molar-refractivity contribution in [2.45, 2.75) is 75.2 Å². The monoisotopic (exact) mass is 598 g/mol. The van der Waals surface area contributed by atoms with Crippen molar-refractivity contribution in [2.75, 3.05) is 6.54 Å². The highest BCUT2D eigenvalue weighted by Gasteiger charge is 2.52. The molecule has 2 heterocycles. The van der Waals surface area contributed by atoms with Crippen molar-refractivity contribution in [3.63, 3.8) is 0 Å². The number of nitrogens with zero attached hydrogens (tertiary/aromatic N) is 1. The van der Waals surface area contributed by atoms with E-state index in [1.807, 2.05) is 24.3 Å². The molecule has 2 fully saturated rings. The molecule has 186 valence electrons. The van der Waals surface area contributed by atoms with E-state index in [1.54, 1.807) is 4.90 Å². The van der Waals surface area contributed by atoms with E-state index >= 15 is 0 Å². The number of hydrogen-bond acceptors (Lipinski definition) is 5. The van der Waals surface area contributed by atoms with Gasteiger partial charge in [0.1, 0.15) is 11.6 Å². The number of aliphatic hydroxyl groups is 1. The molecule has 0 aliphatic carbocycles. The van der Waals surface area contributed by atoms with Crippen LogP contribution in [-0.4, -0.2) is 64.0 Å². The summed E-state index contributed by atoms with van der Waals surface area (Å²) in [6.07, 6.45) is 4.33. The second-order valence-electron chi connectivity index (χ2n) is 9.19. The summed E-state index contributed by atoms with van der Waals surface area (Å²) in [5, 5.41) is 16.0. The van der Waals surface area contributed by atoms with Gasteiger partial charge in [-0.2, -0.15) is 0 Å². The first-order valence-electron chi connectivity index (χ1n) is 11.5. The zero-order valence-electron chi connectivity index (χ0n) is 19.2. The van der Waals surface area contributed by atoms with Crippen LogP contribution in [0.5, 0.6) is 0 Å². The number of nitrogens with two attached hydrogens (primary N) is 1. The van der Waals surface area contributed by atoms with Crippen LogP contribution >= 0.6 is 31.9 Å². The van der Waals surface area contributed by atoms with Gasteiger partial charge in [0.25, 0.3) is 0 Å². The quantitative estimate of drug-likeness (QED) is 0.324. The Morgan fingerprint density at radius 3 is 2.59 bits per heavy atom. The molecule has 34 heavy (non-hydrogen) atoms. The van der Waals surface area contributed by atoms with E-state index in [2.05, 4.69) is 49.1 Å². The SMILES string of the molecule is C=CCC1CCC(C(=O)N2CCCC2(Cc2cc(Br)cc(Br)c2)C(=O)NC(C(N)=O)[C@@H](C)O)N1. The molecule has 0 bridgehead atoms. The predicted molar refractivity (Wildman–Crippen MR) is 137 cm³/mol. The van der Waals surface area contributed by atoms with Crippen molar-refractivity contribution >= 4 is 49.6 Å². The molecule has 4 unspecified atom stereocenters. The van der Waals surface area contributed by atoms with Crippen LogP contribution in [0.25, 0.3) is 0 Å². The van der Waals surface area contributed by atoms with Crippen molar-refractivity contribution in [1.29, 1.82) is 0 Å². The minimum atomic E-state index is -1.25. The van der Waals surface area contributed by atoms with Gasteiger partial charge in [0.2, 0.25) is 17.7 Å². The van der Waals surface area contributed by atoms with E-state index in [-0.39, 0.29) is 24.4 Å². The molecule has 1 aromatic rings. The highest BCUT2D eigenvalue weighted by Crippen LogP contribution is 2.36. The fourth-order valence-corrected chi connectivity index (χ4v) is 6.43. The summed E-state index contributed by atoms with van der Waals surface area (Å²) >= 11 is 6.98. The number of primary amides is 1. The standard InChI is InChI=1S/C24H32Br2N4O4/c1-3-5-18-6-7-19(28-18)22(33)30-9-4-8-24(30,13-15-10-16(25)12-17(26)11-15)23(34)29-20(14(2)31)21(27)32/h3,10-12,14,18-20,28,31H,1,4-9,13H2,2H3,(H2,27,32)(H,29,34)/t14-,18?,19?,20?,24?/m1/s1. The summed E-state index contributed by atoms with van der Waals surface area (Å²) in [7, 11) is 0. The first-order chi connectivity index (χ1) is 16.1. The number of nitrogens with one attached hydrogen (secondary N) is 2. The van der Waals surface area contributed by atoms with Crippen molar-refractivity contribution < 1.29 is 19.5 Å². The fraction of sp³-hybridized carbons (Fsp3) is 0.542. The Bertz CT molecular complexity index is 937. The molecule has 2 aliphatic heterocycles. The Kier molecular flexibility index (Phi) is 8.94. The van der Waals surface area contributed by atoms with Crippen LogP contribution in [0.3, 0.4) is 0 Å². The van der Waals surface area contributed by atoms with Gasteiger partial charge in [-0.1, -0.05) is 37.9 Å². The van der Waals surface area contributed by atoms with E-state index in [0.717, 1.165) is 27.4 Å². The van der Waals surface area contributed by atoms with Crippen LogP contribution in [0, 0.1) is 0 Å². The third-order valence-electron chi connectivity index (χ3n) is 6.66. The van der Waals surface area contributed by atoms with E-state index in [9.17, 15) is 19.5 Å². The van der Waals surface area contributed by atoms with Crippen molar-refractivity contribution in [1.82, 2.24) is 15.5 Å². The van der Waals surface area contributed by atoms with Gasteiger partial charge in [-0.25, -0.2) is 0 Å². The van der Waals surface area contributed by atoms with Crippen LogP contribution in [0.2, 0.25) is 0 Å². The Labute approximate surface area is 217 Å². The number of rotatable bonds is 9. The number of likely N-dealkylation sites (tertiary alicyclic amines) is 1. The molecule has 0 radical (unpaired) electrons. The minimum Gasteiger partial charge on any atom is -0.391 e. The van der Waals surface area contributed by atoms with Gasteiger partial charge in [-0.15, -0.1) is 6.58 Å². The molecule has 5 N–H and O–H groups in total. The summed E-state index contributed by atoms with van der Waals surface area (Å²) in [5.41, 5.74) is 5.08. The molecule has 0 saturated carbocycles. The summed E-state index contributed by atoms with van der Waals surface area (Å²) in [5.74, 6) is -1.44. The zero-order valence-corrected chi connectivity index (χ0v) is 22.4. The lowest BCUT2D eigenvalue weighted by molar-refractivity contribution is -0.147.